The highest BCUT2D eigenvalue weighted by molar-refractivity contribution is 5.73. The number of aromatic nitrogens is 2. The first-order valence-electron chi connectivity index (χ1n) is 18.5. The summed E-state index contributed by atoms with van der Waals surface area (Å²) in [5.41, 5.74) is 6.82. The maximum Gasteiger partial charge on any atom is 0.309 e. The monoisotopic (exact) mass is 662 g/mol. The Morgan fingerprint density at radius 3 is 2.27 bits per heavy atom. The largest absolute Gasteiger partial charge is 0.462 e. The van der Waals surface area contributed by atoms with Gasteiger partial charge in [-0.2, -0.15) is 0 Å². The normalized spacial score (nSPS) is 34.6. The zero-order valence-corrected chi connectivity index (χ0v) is 31.7. The van der Waals surface area contributed by atoms with Crippen LogP contribution in [-0.2, 0) is 25.7 Å². The predicted molar refractivity (Wildman–Crippen MR) is 189 cm³/mol. The van der Waals surface area contributed by atoms with Crippen LogP contribution < -0.4 is 0 Å². The van der Waals surface area contributed by atoms with Crippen LogP contribution in [0.4, 0.5) is 0 Å². The van der Waals surface area contributed by atoms with Gasteiger partial charge in [0, 0.05) is 18.3 Å². The average molecular weight is 663 g/mol. The highest BCUT2D eigenvalue weighted by Crippen LogP contribution is 2.72. The Labute approximate surface area is 289 Å². The van der Waals surface area contributed by atoms with Crippen LogP contribution in [0, 0.1) is 66.1 Å². The van der Waals surface area contributed by atoms with Crippen molar-refractivity contribution < 1.29 is 24.2 Å². The zero-order valence-electron chi connectivity index (χ0n) is 31.7. The minimum absolute atomic E-state index is 0.0273. The number of aliphatic hydroxyl groups excluding tert-OH is 1. The summed E-state index contributed by atoms with van der Waals surface area (Å²) in [5, 5.41) is 12.1. The van der Waals surface area contributed by atoms with Crippen molar-refractivity contribution in [3.05, 3.63) is 46.1 Å². The number of esters is 2. The number of allylic oxidation sites excluding steroid dienone is 3. The Morgan fingerprint density at radius 1 is 0.958 bits per heavy atom. The lowest BCUT2D eigenvalue weighted by Crippen LogP contribution is -2.56. The third kappa shape index (κ3) is 5.98. The minimum atomic E-state index is -0.610. The Kier molecular flexibility index (Phi) is 9.93. The van der Waals surface area contributed by atoms with Gasteiger partial charge in [0.2, 0.25) is 0 Å². The maximum atomic E-state index is 14.3. The summed E-state index contributed by atoms with van der Waals surface area (Å²) >= 11 is 0. The first-order valence-corrected chi connectivity index (χ1v) is 18.5. The summed E-state index contributed by atoms with van der Waals surface area (Å²) in [6.07, 6.45) is 7.12. The van der Waals surface area contributed by atoms with Crippen molar-refractivity contribution in [1.29, 1.82) is 0 Å². The molecule has 1 heterocycles. The first-order chi connectivity index (χ1) is 22.3. The van der Waals surface area contributed by atoms with Gasteiger partial charge in [-0.3, -0.25) is 19.6 Å². The second-order valence-corrected chi connectivity index (χ2v) is 17.5. The zero-order chi connectivity index (χ0) is 35.6. The Balaban J connectivity index is 1.47. The van der Waals surface area contributed by atoms with E-state index in [0.29, 0.717) is 30.4 Å². The molecular formula is C41H62N2O5. The van der Waals surface area contributed by atoms with Crippen molar-refractivity contribution in [3.63, 3.8) is 0 Å². The van der Waals surface area contributed by atoms with Crippen LogP contribution in [0.15, 0.2) is 23.3 Å². The fraction of sp³-hybridized carbons (Fsp3) is 0.756. The molecule has 0 amide bonds. The van der Waals surface area contributed by atoms with Gasteiger partial charge in [0.25, 0.3) is 0 Å². The van der Waals surface area contributed by atoms with Gasteiger partial charge in [-0.05, 0) is 107 Å². The second kappa shape index (κ2) is 13.0. The maximum absolute atomic E-state index is 14.3. The van der Waals surface area contributed by atoms with Gasteiger partial charge in [-0.25, -0.2) is 0 Å². The van der Waals surface area contributed by atoms with Crippen LogP contribution in [0.2, 0.25) is 0 Å². The molecule has 4 aliphatic rings. The highest BCUT2D eigenvalue weighted by atomic mass is 16.5. The van der Waals surface area contributed by atoms with Gasteiger partial charge in [-0.15, -0.1) is 0 Å². The second-order valence-electron chi connectivity index (χ2n) is 17.5. The van der Waals surface area contributed by atoms with Crippen LogP contribution in [0.3, 0.4) is 0 Å². The van der Waals surface area contributed by atoms with Crippen molar-refractivity contribution in [3.8, 4) is 0 Å². The van der Waals surface area contributed by atoms with E-state index in [9.17, 15) is 14.7 Å². The summed E-state index contributed by atoms with van der Waals surface area (Å²) in [7, 11) is 0. The molecule has 5 rings (SSSR count). The lowest BCUT2D eigenvalue weighted by molar-refractivity contribution is -0.167. The summed E-state index contributed by atoms with van der Waals surface area (Å²) in [6.45, 7) is 27.8. The summed E-state index contributed by atoms with van der Waals surface area (Å²) in [6, 6.07) is 0. The van der Waals surface area contributed by atoms with Crippen molar-refractivity contribution in [2.24, 2.45) is 45.3 Å². The van der Waals surface area contributed by atoms with E-state index in [0.717, 1.165) is 67.6 Å². The molecule has 1 aromatic heterocycles. The molecule has 0 radical (unpaired) electrons. The SMILES string of the molecule is C=C(CC[C@@H](C(=O)OCc1nc(C)c(C)nc1C)[C@H]1[C@H](O)C[C@@]2(C)C3=C(CC[C@]12C)[C@@]1(C)CC[C@H](OC(C)=O)C(C)(C)[C@@H]1CC3)C(C)C. The molecule has 0 aliphatic heterocycles. The molecule has 7 heteroatoms. The Bertz CT molecular complexity index is 1490. The van der Waals surface area contributed by atoms with Gasteiger partial charge in [0.1, 0.15) is 12.7 Å². The van der Waals surface area contributed by atoms with E-state index in [-0.39, 0.29) is 52.2 Å². The van der Waals surface area contributed by atoms with Gasteiger partial charge in [0.15, 0.2) is 0 Å². The van der Waals surface area contributed by atoms with E-state index in [2.05, 4.69) is 65.0 Å². The lowest BCUT2D eigenvalue weighted by atomic mass is 9.43. The molecule has 0 spiro atoms. The fourth-order valence-corrected chi connectivity index (χ4v) is 11.1. The topological polar surface area (TPSA) is 98.6 Å². The molecule has 4 aliphatic carbocycles. The lowest BCUT2D eigenvalue weighted by Gasteiger charge is -2.62. The molecule has 2 saturated carbocycles. The summed E-state index contributed by atoms with van der Waals surface area (Å²) in [5.74, 6) is -0.378. The van der Waals surface area contributed by atoms with E-state index in [1.165, 1.54) is 12.5 Å². The first kappa shape index (κ1) is 36.7. The molecule has 7 nitrogen and oxygen atoms in total. The smallest absolute Gasteiger partial charge is 0.309 e. The summed E-state index contributed by atoms with van der Waals surface area (Å²) in [4.78, 5) is 35.6. The van der Waals surface area contributed by atoms with E-state index in [1.807, 2.05) is 20.8 Å². The molecule has 0 unspecified atom stereocenters. The van der Waals surface area contributed by atoms with Crippen molar-refractivity contribution in [2.45, 2.75) is 153 Å². The number of aliphatic hydroxyl groups is 1. The van der Waals surface area contributed by atoms with Crippen molar-refractivity contribution in [2.75, 3.05) is 0 Å². The number of hydrogen-bond donors (Lipinski definition) is 1. The molecular weight excluding hydrogens is 600 g/mol. The fourth-order valence-electron chi connectivity index (χ4n) is 11.1. The van der Waals surface area contributed by atoms with Crippen LogP contribution in [-0.4, -0.2) is 39.2 Å². The third-order valence-electron chi connectivity index (χ3n) is 14.3. The molecule has 0 saturated heterocycles. The molecule has 266 valence electrons. The standard InChI is InChI=1S/C41H62N2O5/c1-23(2)24(3)13-14-29(37(46)47-22-32-27(6)42-25(4)26(5)43-32)36-33(45)21-41(12)31-15-16-34-38(8,9)35(48-28(7)44)18-19-39(34,10)30(31)17-20-40(36,41)11/h23,29,33-36,45H,3,13-22H2,1-2,4-12H3/t29-,33-,34+,35+,36+,39-,40-,41+/m1/s1. The van der Waals surface area contributed by atoms with Gasteiger partial charge < -0.3 is 14.6 Å². The van der Waals surface area contributed by atoms with Gasteiger partial charge >= 0.3 is 11.9 Å². The van der Waals surface area contributed by atoms with Gasteiger partial charge in [0.05, 0.1) is 34.8 Å². The molecule has 48 heavy (non-hydrogen) atoms. The van der Waals surface area contributed by atoms with E-state index in [4.69, 9.17) is 9.47 Å². The molecule has 1 aromatic rings. The number of hydrogen-bond acceptors (Lipinski definition) is 7. The molecule has 8 atom stereocenters. The number of carbonyl (C=O) groups excluding carboxylic acids is 2. The number of carbonyl (C=O) groups is 2. The summed E-state index contributed by atoms with van der Waals surface area (Å²) < 4.78 is 12.0. The van der Waals surface area contributed by atoms with Crippen LogP contribution >= 0.6 is 0 Å². The number of aryl methyl sites for hydroxylation is 3. The van der Waals surface area contributed by atoms with E-state index < -0.39 is 12.0 Å². The molecule has 0 bridgehead atoms. The number of rotatable bonds is 9. The highest BCUT2D eigenvalue weighted by Gasteiger charge is 2.67. The Hall–Kier alpha value is -2.54. The van der Waals surface area contributed by atoms with Gasteiger partial charge in [-0.1, -0.05) is 71.8 Å². The van der Waals surface area contributed by atoms with Crippen LogP contribution in [0.5, 0.6) is 0 Å². The molecule has 1 N–H and O–H groups in total. The van der Waals surface area contributed by atoms with E-state index in [1.54, 1.807) is 5.57 Å². The Morgan fingerprint density at radius 2 is 1.62 bits per heavy atom. The van der Waals surface area contributed by atoms with Crippen molar-refractivity contribution in [1.82, 2.24) is 9.97 Å². The molecule has 2 fully saturated rings. The number of nitrogens with zero attached hydrogens (tertiary/aromatic N) is 2. The third-order valence-corrected chi connectivity index (χ3v) is 14.3. The van der Waals surface area contributed by atoms with E-state index >= 15 is 0 Å². The minimum Gasteiger partial charge on any atom is -0.462 e. The number of fused-ring (bicyclic) bond motifs is 4. The average Bonchev–Trinajstić information content (AvgIpc) is 3.20. The number of ether oxygens (including phenoxy) is 2. The molecule has 0 aromatic carbocycles. The van der Waals surface area contributed by atoms with Crippen LogP contribution in [0.25, 0.3) is 0 Å². The predicted octanol–water partition coefficient (Wildman–Crippen LogP) is 8.71. The van der Waals surface area contributed by atoms with Crippen molar-refractivity contribution >= 4 is 11.9 Å². The quantitative estimate of drug-likeness (QED) is 0.209. The van der Waals surface area contributed by atoms with Crippen LogP contribution in [0.1, 0.15) is 136 Å².